The molecule has 1 unspecified atom stereocenters. The number of rotatable bonds is 8. The van der Waals surface area contributed by atoms with Crippen molar-refractivity contribution < 1.29 is 4.79 Å². The topological polar surface area (TPSA) is 45.2 Å². The zero-order valence-corrected chi connectivity index (χ0v) is 13.2. The first-order valence-corrected chi connectivity index (χ1v) is 7.56. The van der Waals surface area contributed by atoms with Gasteiger partial charge in [0.05, 0.1) is 6.04 Å². The number of carbonyl (C=O) groups is 1. The average molecular weight is 297 g/mol. The Labute approximate surface area is 132 Å². The summed E-state index contributed by atoms with van der Waals surface area (Å²) in [5, 5.41) is 3.39. The van der Waals surface area contributed by atoms with E-state index < -0.39 is 0 Å². The van der Waals surface area contributed by atoms with Crippen molar-refractivity contribution in [2.45, 2.75) is 12.5 Å². The first kappa shape index (κ1) is 16.3. The second-order valence-corrected chi connectivity index (χ2v) is 5.56. The van der Waals surface area contributed by atoms with E-state index >= 15 is 0 Å². The number of benzene rings is 1. The predicted octanol–water partition coefficient (Wildman–Crippen LogP) is 2.55. The van der Waals surface area contributed by atoms with E-state index in [-0.39, 0.29) is 11.8 Å². The Morgan fingerprint density at radius 3 is 2.59 bits per heavy atom. The Morgan fingerprint density at radius 2 is 1.95 bits per heavy atom. The maximum absolute atomic E-state index is 12.8. The summed E-state index contributed by atoms with van der Waals surface area (Å²) in [5.41, 5.74) is 1.62. The van der Waals surface area contributed by atoms with Crippen LogP contribution in [0, 0.1) is 0 Å². The predicted molar refractivity (Wildman–Crippen MR) is 88.9 cm³/mol. The zero-order valence-electron chi connectivity index (χ0n) is 13.2. The highest BCUT2D eigenvalue weighted by Crippen LogP contribution is 2.18. The molecule has 2 rings (SSSR count). The molecule has 1 aromatic carbocycles. The number of ketones is 1. The Morgan fingerprint density at radius 1 is 1.18 bits per heavy atom. The van der Waals surface area contributed by atoms with Crippen molar-refractivity contribution in [3.05, 3.63) is 66.0 Å². The van der Waals surface area contributed by atoms with E-state index in [2.05, 4.69) is 29.3 Å². The quantitative estimate of drug-likeness (QED) is 0.601. The van der Waals surface area contributed by atoms with Crippen LogP contribution in [0.15, 0.2) is 54.9 Å². The van der Waals surface area contributed by atoms with Gasteiger partial charge in [-0.3, -0.25) is 9.78 Å². The SMILES string of the molecule is CN(C)CCCNC(C(=O)c1cccnc1)c1ccccc1. The van der Waals surface area contributed by atoms with Gasteiger partial charge in [0, 0.05) is 18.0 Å². The van der Waals surface area contributed by atoms with E-state index in [9.17, 15) is 4.79 Å². The molecule has 0 amide bonds. The molecule has 0 fully saturated rings. The third-order valence-electron chi connectivity index (χ3n) is 3.47. The van der Waals surface area contributed by atoms with Crippen LogP contribution in [0.25, 0.3) is 0 Å². The van der Waals surface area contributed by atoms with Gasteiger partial charge in [-0.05, 0) is 51.3 Å². The summed E-state index contributed by atoms with van der Waals surface area (Å²) in [4.78, 5) is 18.9. The van der Waals surface area contributed by atoms with Crippen molar-refractivity contribution in [3.8, 4) is 0 Å². The Balaban J connectivity index is 2.10. The van der Waals surface area contributed by atoms with Gasteiger partial charge in [0.1, 0.15) is 0 Å². The molecule has 0 aliphatic carbocycles. The highest BCUT2D eigenvalue weighted by molar-refractivity contribution is 6.00. The molecule has 4 heteroatoms. The van der Waals surface area contributed by atoms with Gasteiger partial charge in [-0.25, -0.2) is 0 Å². The number of nitrogens with one attached hydrogen (secondary N) is 1. The number of nitrogens with zero attached hydrogens (tertiary/aromatic N) is 2. The monoisotopic (exact) mass is 297 g/mol. The molecule has 0 saturated heterocycles. The van der Waals surface area contributed by atoms with Crippen LogP contribution in [0.4, 0.5) is 0 Å². The number of carbonyl (C=O) groups excluding carboxylic acids is 1. The first-order chi connectivity index (χ1) is 10.7. The summed E-state index contributed by atoms with van der Waals surface area (Å²) in [6, 6.07) is 13.1. The molecule has 1 N–H and O–H groups in total. The van der Waals surface area contributed by atoms with Crippen LogP contribution >= 0.6 is 0 Å². The molecule has 4 nitrogen and oxygen atoms in total. The Hall–Kier alpha value is -2.04. The molecule has 0 radical (unpaired) electrons. The molecule has 22 heavy (non-hydrogen) atoms. The third kappa shape index (κ3) is 4.76. The van der Waals surface area contributed by atoms with Crippen LogP contribution in [-0.2, 0) is 0 Å². The number of hydrogen-bond acceptors (Lipinski definition) is 4. The van der Waals surface area contributed by atoms with Gasteiger partial charge in [-0.2, -0.15) is 0 Å². The van der Waals surface area contributed by atoms with E-state index in [0.29, 0.717) is 5.56 Å². The Bertz CT molecular complexity index is 569. The molecule has 0 saturated carbocycles. The fourth-order valence-electron chi connectivity index (χ4n) is 2.32. The third-order valence-corrected chi connectivity index (χ3v) is 3.47. The van der Waals surface area contributed by atoms with Crippen molar-refractivity contribution in [3.63, 3.8) is 0 Å². The lowest BCUT2D eigenvalue weighted by Gasteiger charge is -2.19. The van der Waals surface area contributed by atoms with E-state index in [1.54, 1.807) is 18.5 Å². The van der Waals surface area contributed by atoms with Crippen LogP contribution in [-0.4, -0.2) is 42.9 Å². The van der Waals surface area contributed by atoms with E-state index in [0.717, 1.165) is 25.1 Å². The molecule has 2 aromatic rings. The van der Waals surface area contributed by atoms with E-state index in [4.69, 9.17) is 0 Å². The fraction of sp³-hybridized carbons (Fsp3) is 0.333. The second kappa shape index (κ2) is 8.41. The molecule has 116 valence electrons. The van der Waals surface area contributed by atoms with Gasteiger partial charge in [0.15, 0.2) is 5.78 Å². The second-order valence-electron chi connectivity index (χ2n) is 5.56. The highest BCUT2D eigenvalue weighted by atomic mass is 16.1. The summed E-state index contributed by atoms with van der Waals surface area (Å²) in [6.07, 6.45) is 4.30. The standard InChI is InChI=1S/C18H23N3O/c1-21(2)13-7-12-20-17(15-8-4-3-5-9-15)18(22)16-10-6-11-19-14-16/h3-6,8-11,14,17,20H,7,12-13H2,1-2H3. The molecule has 0 aliphatic rings. The number of hydrogen-bond donors (Lipinski definition) is 1. The summed E-state index contributed by atoms with van der Waals surface area (Å²) < 4.78 is 0. The van der Waals surface area contributed by atoms with Gasteiger partial charge in [0.25, 0.3) is 0 Å². The number of Topliss-reactive ketones (excluding diaryl/α,β-unsaturated/α-hetero) is 1. The lowest BCUT2D eigenvalue weighted by atomic mass is 9.98. The maximum atomic E-state index is 12.8. The minimum atomic E-state index is -0.326. The van der Waals surface area contributed by atoms with Crippen molar-refractivity contribution in [2.75, 3.05) is 27.2 Å². The largest absolute Gasteiger partial charge is 0.309 e. The van der Waals surface area contributed by atoms with Crippen LogP contribution in [0.1, 0.15) is 28.4 Å². The average Bonchev–Trinajstić information content (AvgIpc) is 2.56. The molecule has 1 aromatic heterocycles. The van der Waals surface area contributed by atoms with Crippen molar-refractivity contribution >= 4 is 5.78 Å². The van der Waals surface area contributed by atoms with Crippen molar-refractivity contribution in [2.24, 2.45) is 0 Å². The molecular weight excluding hydrogens is 274 g/mol. The van der Waals surface area contributed by atoms with Gasteiger partial charge < -0.3 is 10.2 Å². The maximum Gasteiger partial charge on any atom is 0.185 e. The van der Waals surface area contributed by atoms with E-state index in [1.165, 1.54) is 0 Å². The summed E-state index contributed by atoms with van der Waals surface area (Å²) in [5.74, 6) is 0.0594. The molecule has 1 heterocycles. The van der Waals surface area contributed by atoms with Gasteiger partial charge >= 0.3 is 0 Å². The van der Waals surface area contributed by atoms with Crippen LogP contribution in [0.3, 0.4) is 0 Å². The molecular formula is C18H23N3O. The van der Waals surface area contributed by atoms with Gasteiger partial charge in [0.2, 0.25) is 0 Å². The van der Waals surface area contributed by atoms with Gasteiger partial charge in [-0.1, -0.05) is 30.3 Å². The minimum Gasteiger partial charge on any atom is -0.309 e. The molecule has 0 aliphatic heterocycles. The summed E-state index contributed by atoms with van der Waals surface area (Å²) in [6.45, 7) is 1.79. The summed E-state index contributed by atoms with van der Waals surface area (Å²) >= 11 is 0. The van der Waals surface area contributed by atoms with Crippen LogP contribution in [0.2, 0.25) is 0 Å². The van der Waals surface area contributed by atoms with Crippen molar-refractivity contribution in [1.29, 1.82) is 0 Å². The lowest BCUT2D eigenvalue weighted by Crippen LogP contribution is -2.31. The van der Waals surface area contributed by atoms with E-state index in [1.807, 2.05) is 36.4 Å². The molecule has 0 bridgehead atoms. The smallest absolute Gasteiger partial charge is 0.185 e. The van der Waals surface area contributed by atoms with Crippen LogP contribution in [0.5, 0.6) is 0 Å². The molecule has 1 atom stereocenters. The number of pyridine rings is 1. The van der Waals surface area contributed by atoms with Crippen molar-refractivity contribution in [1.82, 2.24) is 15.2 Å². The zero-order chi connectivity index (χ0) is 15.8. The fourth-order valence-corrected chi connectivity index (χ4v) is 2.32. The number of aromatic nitrogens is 1. The van der Waals surface area contributed by atoms with Gasteiger partial charge in [-0.15, -0.1) is 0 Å². The van der Waals surface area contributed by atoms with Crippen LogP contribution < -0.4 is 5.32 Å². The molecule has 0 spiro atoms. The minimum absolute atomic E-state index is 0.0594. The summed E-state index contributed by atoms with van der Waals surface area (Å²) in [7, 11) is 4.10. The first-order valence-electron chi connectivity index (χ1n) is 7.56. The Kier molecular flexibility index (Phi) is 6.25. The highest BCUT2D eigenvalue weighted by Gasteiger charge is 2.21. The normalized spacial score (nSPS) is 12.3. The lowest BCUT2D eigenvalue weighted by molar-refractivity contribution is 0.0942.